The van der Waals surface area contributed by atoms with E-state index >= 15 is 0 Å². The Bertz CT molecular complexity index is 1650. The zero-order valence-corrected chi connectivity index (χ0v) is 31.0. The molecule has 0 amide bonds. The quantitative estimate of drug-likeness (QED) is 0.0977. The summed E-state index contributed by atoms with van der Waals surface area (Å²) in [4.78, 5) is 4.11. The van der Waals surface area contributed by atoms with Crippen molar-refractivity contribution in [2.24, 2.45) is 0 Å². The fraction of sp³-hybridized carbons (Fsp3) is 0.250. The van der Waals surface area contributed by atoms with Gasteiger partial charge in [0, 0.05) is 59.1 Å². The van der Waals surface area contributed by atoms with Gasteiger partial charge in [-0.2, -0.15) is 36.4 Å². The first kappa shape index (κ1) is 41.2. The van der Waals surface area contributed by atoms with Crippen molar-refractivity contribution >= 4 is 0 Å². The number of hydrogen-bond acceptors (Lipinski definition) is 2. The Morgan fingerprint density at radius 3 is 1.14 bits per heavy atom. The SMILES string of the molecule is Cc1cc(CN(C)C)c(C)n1-c1ccc(F)[c-]c1F.Cc1cc(CN(C)C)c(C)n1-c1ccc(F)[c-]c1F.[Ti+4].c1cc[cH-]c1.c1cc[cH-]c1. The number of nitrogens with zero attached hydrogens (tertiary/aromatic N) is 4. The van der Waals surface area contributed by atoms with Gasteiger partial charge in [-0.3, -0.25) is 0 Å². The smallest absolute Gasteiger partial charge is 0.370 e. The van der Waals surface area contributed by atoms with Crippen LogP contribution in [-0.2, 0) is 34.8 Å². The molecular formula is C40H44F4N4Ti. The van der Waals surface area contributed by atoms with Crippen LogP contribution in [0.2, 0.25) is 0 Å². The minimum Gasteiger partial charge on any atom is -0.370 e. The molecule has 0 aliphatic heterocycles. The Morgan fingerprint density at radius 2 is 0.898 bits per heavy atom. The molecule has 0 radical (unpaired) electrons. The van der Waals surface area contributed by atoms with Crippen LogP contribution in [0.5, 0.6) is 0 Å². The largest absolute Gasteiger partial charge is 4.00 e. The average molecular weight is 705 g/mol. The molecule has 0 unspecified atom stereocenters. The molecule has 6 rings (SSSR count). The number of hydrogen-bond donors (Lipinski definition) is 0. The van der Waals surface area contributed by atoms with Crippen molar-refractivity contribution in [3.8, 4) is 11.4 Å². The van der Waals surface area contributed by atoms with Gasteiger partial charge in [0.15, 0.2) is 0 Å². The van der Waals surface area contributed by atoms with Gasteiger partial charge in [-0.15, -0.1) is 36.4 Å². The number of rotatable bonds is 6. The van der Waals surface area contributed by atoms with Crippen molar-refractivity contribution in [3.63, 3.8) is 0 Å². The van der Waals surface area contributed by atoms with Crippen LogP contribution in [0, 0.1) is 63.1 Å². The molecule has 0 spiro atoms. The Morgan fingerprint density at radius 1 is 0.571 bits per heavy atom. The maximum atomic E-state index is 13.8. The zero-order chi connectivity index (χ0) is 35.4. The summed E-state index contributed by atoms with van der Waals surface area (Å²) in [5, 5.41) is 0. The minimum atomic E-state index is -0.683. The molecule has 0 atom stereocenters. The third-order valence-corrected chi connectivity index (χ3v) is 7.32. The van der Waals surface area contributed by atoms with Crippen molar-refractivity contribution < 1.29 is 39.3 Å². The third kappa shape index (κ3) is 12.2. The van der Waals surface area contributed by atoms with E-state index in [0.29, 0.717) is 11.4 Å². The molecule has 6 aromatic rings. The molecule has 9 heteroatoms. The monoisotopic (exact) mass is 704 g/mol. The molecule has 0 aliphatic rings. The summed E-state index contributed by atoms with van der Waals surface area (Å²) in [6, 6.07) is 33.5. The molecular weight excluding hydrogens is 660 g/mol. The molecule has 4 nitrogen and oxygen atoms in total. The second-order valence-electron chi connectivity index (χ2n) is 11.9. The summed E-state index contributed by atoms with van der Waals surface area (Å²) in [7, 11) is 7.94. The van der Waals surface area contributed by atoms with Gasteiger partial charge in [0.1, 0.15) is 0 Å². The molecule has 2 heterocycles. The normalized spacial score (nSPS) is 10.4. The standard InChI is InChI=1S/2C15H17F2N2.2C5H5.Ti/c2*1-10-7-12(9-18(3)4)11(2)19(10)15-6-5-13(16)8-14(15)17;2*1-2-4-5-3-1;/h2*5-7H,9H2,1-4H3;2*1-5H;/q4*-1;+4. The van der Waals surface area contributed by atoms with Gasteiger partial charge in [0.25, 0.3) is 0 Å². The summed E-state index contributed by atoms with van der Waals surface area (Å²) in [5.74, 6) is -2.70. The molecule has 2 aromatic heterocycles. The topological polar surface area (TPSA) is 16.3 Å². The Labute approximate surface area is 303 Å². The summed E-state index contributed by atoms with van der Waals surface area (Å²) < 4.78 is 57.1. The first-order valence-corrected chi connectivity index (χ1v) is 15.5. The zero-order valence-electron chi connectivity index (χ0n) is 29.5. The van der Waals surface area contributed by atoms with E-state index in [-0.39, 0.29) is 21.7 Å². The van der Waals surface area contributed by atoms with Crippen LogP contribution in [-0.4, -0.2) is 47.1 Å². The van der Waals surface area contributed by atoms with Crippen LogP contribution >= 0.6 is 0 Å². The minimum absolute atomic E-state index is 0. The Kier molecular flexibility index (Phi) is 16.7. The summed E-state index contributed by atoms with van der Waals surface area (Å²) >= 11 is 0. The van der Waals surface area contributed by atoms with E-state index in [0.717, 1.165) is 47.0 Å². The van der Waals surface area contributed by atoms with Gasteiger partial charge in [0.2, 0.25) is 0 Å². The van der Waals surface area contributed by atoms with E-state index in [2.05, 4.69) is 21.9 Å². The predicted molar refractivity (Wildman–Crippen MR) is 187 cm³/mol. The predicted octanol–water partition coefficient (Wildman–Crippen LogP) is 9.28. The summed E-state index contributed by atoms with van der Waals surface area (Å²) in [6.45, 7) is 9.27. The Balaban J connectivity index is 0.000000260. The third-order valence-electron chi connectivity index (χ3n) is 7.32. The average Bonchev–Trinajstić information content (AvgIpc) is 3.84. The van der Waals surface area contributed by atoms with E-state index in [4.69, 9.17) is 0 Å². The van der Waals surface area contributed by atoms with Gasteiger partial charge in [-0.05, 0) is 90.5 Å². The molecule has 0 fully saturated rings. The molecule has 4 aromatic carbocycles. The van der Waals surface area contributed by atoms with E-state index in [1.165, 1.54) is 24.3 Å². The van der Waals surface area contributed by atoms with Crippen molar-refractivity contribution in [2.45, 2.75) is 40.8 Å². The molecule has 49 heavy (non-hydrogen) atoms. The molecule has 0 aliphatic carbocycles. The first-order chi connectivity index (χ1) is 22.8. The number of aromatic nitrogens is 2. The van der Waals surface area contributed by atoms with Gasteiger partial charge < -0.3 is 18.9 Å². The van der Waals surface area contributed by atoms with Gasteiger partial charge in [-0.25, -0.2) is 41.8 Å². The van der Waals surface area contributed by atoms with Crippen LogP contribution in [0.1, 0.15) is 33.9 Å². The van der Waals surface area contributed by atoms with Crippen LogP contribution in [0.3, 0.4) is 0 Å². The molecule has 0 saturated carbocycles. The number of halogens is 4. The van der Waals surface area contributed by atoms with Crippen molar-refractivity contribution in [1.29, 1.82) is 0 Å². The molecule has 0 bridgehead atoms. The van der Waals surface area contributed by atoms with Crippen LogP contribution in [0.4, 0.5) is 17.6 Å². The molecule has 0 N–H and O–H groups in total. The van der Waals surface area contributed by atoms with Crippen molar-refractivity contribution in [1.82, 2.24) is 18.9 Å². The van der Waals surface area contributed by atoms with E-state index in [9.17, 15) is 17.6 Å². The van der Waals surface area contributed by atoms with E-state index < -0.39 is 23.3 Å². The van der Waals surface area contributed by atoms with Gasteiger partial charge in [0.05, 0.1) is 0 Å². The second-order valence-corrected chi connectivity index (χ2v) is 11.9. The summed E-state index contributed by atoms with van der Waals surface area (Å²) in [6.07, 6.45) is 0. The van der Waals surface area contributed by atoms with Crippen LogP contribution < -0.4 is 0 Å². The second kappa shape index (κ2) is 19.9. The molecule has 256 valence electrons. The van der Waals surface area contributed by atoms with Crippen molar-refractivity contribution in [2.75, 3.05) is 28.2 Å². The molecule has 0 saturated heterocycles. The van der Waals surface area contributed by atoms with Gasteiger partial charge >= 0.3 is 21.7 Å². The Hall–Kier alpha value is -3.95. The van der Waals surface area contributed by atoms with E-state index in [1.807, 2.05) is 129 Å². The number of aryl methyl sites for hydroxylation is 2. The summed E-state index contributed by atoms with van der Waals surface area (Å²) in [5.41, 5.74) is 6.71. The van der Waals surface area contributed by atoms with Gasteiger partial charge in [-0.1, -0.05) is 0 Å². The van der Waals surface area contributed by atoms with Crippen molar-refractivity contribution in [3.05, 3.63) is 166 Å². The van der Waals surface area contributed by atoms with Crippen LogP contribution in [0.25, 0.3) is 11.4 Å². The first-order valence-electron chi connectivity index (χ1n) is 15.5. The fourth-order valence-corrected chi connectivity index (χ4v) is 5.26. The maximum absolute atomic E-state index is 13.8. The fourth-order valence-electron chi connectivity index (χ4n) is 5.26. The maximum Gasteiger partial charge on any atom is 4.00 e. The van der Waals surface area contributed by atoms with E-state index in [1.54, 1.807) is 9.13 Å². The number of benzene rings is 2. The van der Waals surface area contributed by atoms with Crippen LogP contribution in [0.15, 0.2) is 97.1 Å².